The molecule has 0 spiro atoms. The summed E-state index contributed by atoms with van der Waals surface area (Å²) in [6.45, 7) is 4.32. The van der Waals surface area contributed by atoms with Crippen LogP contribution in [0.25, 0.3) is 0 Å². The van der Waals surface area contributed by atoms with E-state index in [2.05, 4.69) is 25.1 Å². The van der Waals surface area contributed by atoms with Gasteiger partial charge in [-0.2, -0.15) is 0 Å². The van der Waals surface area contributed by atoms with Gasteiger partial charge in [-0.05, 0) is 5.56 Å². The number of anilines is 1. The van der Waals surface area contributed by atoms with E-state index in [1.54, 1.807) is 11.3 Å². The van der Waals surface area contributed by atoms with Crippen molar-refractivity contribution in [2.75, 3.05) is 37.6 Å². The summed E-state index contributed by atoms with van der Waals surface area (Å²) >= 11 is 1.65. The van der Waals surface area contributed by atoms with Crippen molar-refractivity contribution in [3.63, 3.8) is 0 Å². The van der Waals surface area contributed by atoms with E-state index in [1.165, 1.54) is 0 Å². The largest absolute Gasteiger partial charge is 0.370 e. The second kappa shape index (κ2) is 9.19. The molecule has 1 aromatic carbocycles. The Morgan fingerprint density at radius 3 is 2.69 bits per heavy atom. The SMILES string of the molecule is NC(=NCCC(=O)NCc1ccccc1)N1CCN(c2nccs2)CC1. The number of nitrogens with zero attached hydrogens (tertiary/aromatic N) is 4. The zero-order valence-corrected chi connectivity index (χ0v) is 15.5. The fourth-order valence-electron chi connectivity index (χ4n) is 2.76. The van der Waals surface area contributed by atoms with Crippen LogP contribution in [-0.4, -0.2) is 54.5 Å². The van der Waals surface area contributed by atoms with Crippen molar-refractivity contribution in [1.29, 1.82) is 0 Å². The standard InChI is InChI=1S/C18H24N6OS/c19-17(23-9-11-24(12-10-23)18-21-8-13-26-18)20-7-6-16(25)22-14-15-4-2-1-3-5-15/h1-5,8,13H,6-7,9-12,14H2,(H2,19,20)(H,22,25). The van der Waals surface area contributed by atoms with Crippen molar-refractivity contribution in [2.24, 2.45) is 10.7 Å². The Bertz CT molecular complexity index is 711. The molecule has 8 heteroatoms. The molecular formula is C18H24N6OS. The van der Waals surface area contributed by atoms with Crippen LogP contribution in [0.2, 0.25) is 0 Å². The van der Waals surface area contributed by atoms with E-state index >= 15 is 0 Å². The summed E-state index contributed by atoms with van der Waals surface area (Å²) < 4.78 is 0. The average molecular weight is 372 g/mol. The van der Waals surface area contributed by atoms with Crippen LogP contribution in [-0.2, 0) is 11.3 Å². The van der Waals surface area contributed by atoms with Crippen molar-refractivity contribution in [1.82, 2.24) is 15.2 Å². The van der Waals surface area contributed by atoms with Crippen molar-refractivity contribution in [2.45, 2.75) is 13.0 Å². The van der Waals surface area contributed by atoms with E-state index in [4.69, 9.17) is 5.73 Å². The molecule has 0 atom stereocenters. The van der Waals surface area contributed by atoms with Gasteiger partial charge in [0.1, 0.15) is 0 Å². The molecule has 0 aliphatic carbocycles. The highest BCUT2D eigenvalue weighted by molar-refractivity contribution is 7.13. The number of aliphatic imine (C=N–C) groups is 1. The zero-order chi connectivity index (χ0) is 18.2. The number of amides is 1. The number of piperazine rings is 1. The van der Waals surface area contributed by atoms with Gasteiger partial charge < -0.3 is 20.9 Å². The van der Waals surface area contributed by atoms with Crippen LogP contribution in [0.5, 0.6) is 0 Å². The van der Waals surface area contributed by atoms with Crippen LogP contribution in [0.4, 0.5) is 5.13 Å². The van der Waals surface area contributed by atoms with Gasteiger partial charge in [0.2, 0.25) is 5.91 Å². The number of carbonyl (C=O) groups is 1. The molecule has 7 nitrogen and oxygen atoms in total. The fourth-order valence-corrected chi connectivity index (χ4v) is 3.45. The summed E-state index contributed by atoms with van der Waals surface area (Å²) in [5, 5.41) is 5.94. The maximum atomic E-state index is 11.9. The van der Waals surface area contributed by atoms with Crippen LogP contribution in [0.15, 0.2) is 46.9 Å². The molecule has 0 radical (unpaired) electrons. The highest BCUT2D eigenvalue weighted by atomic mass is 32.1. The minimum Gasteiger partial charge on any atom is -0.370 e. The van der Waals surface area contributed by atoms with Crippen LogP contribution < -0.4 is 16.0 Å². The molecular weight excluding hydrogens is 348 g/mol. The summed E-state index contributed by atoms with van der Waals surface area (Å²) in [4.78, 5) is 24.9. The van der Waals surface area contributed by atoms with E-state index in [9.17, 15) is 4.79 Å². The first-order chi connectivity index (χ1) is 12.7. The Morgan fingerprint density at radius 2 is 2.00 bits per heavy atom. The number of benzene rings is 1. The number of aromatic nitrogens is 1. The first-order valence-electron chi connectivity index (χ1n) is 8.72. The topological polar surface area (TPSA) is 86.8 Å². The lowest BCUT2D eigenvalue weighted by molar-refractivity contribution is -0.121. The molecule has 26 heavy (non-hydrogen) atoms. The molecule has 1 amide bonds. The number of nitrogens with one attached hydrogen (secondary N) is 1. The summed E-state index contributed by atoms with van der Waals surface area (Å²) in [7, 11) is 0. The third-order valence-electron chi connectivity index (χ3n) is 4.24. The normalized spacial score (nSPS) is 15.2. The van der Waals surface area contributed by atoms with Crippen LogP contribution in [0.1, 0.15) is 12.0 Å². The van der Waals surface area contributed by atoms with Gasteiger partial charge in [0, 0.05) is 50.7 Å². The van der Waals surface area contributed by atoms with Gasteiger partial charge in [0.25, 0.3) is 0 Å². The Balaban J connectivity index is 1.36. The van der Waals surface area contributed by atoms with Gasteiger partial charge in [-0.3, -0.25) is 9.79 Å². The van der Waals surface area contributed by atoms with E-state index < -0.39 is 0 Å². The molecule has 3 N–H and O–H groups in total. The van der Waals surface area contributed by atoms with Gasteiger partial charge in [-0.1, -0.05) is 30.3 Å². The highest BCUT2D eigenvalue weighted by Crippen LogP contribution is 2.18. The molecule has 1 fully saturated rings. The van der Waals surface area contributed by atoms with Crippen molar-refractivity contribution >= 4 is 28.3 Å². The maximum absolute atomic E-state index is 11.9. The number of carbonyl (C=O) groups excluding carboxylic acids is 1. The molecule has 0 saturated carbocycles. The number of nitrogens with two attached hydrogens (primary N) is 1. The lowest BCUT2D eigenvalue weighted by atomic mass is 10.2. The number of hydrogen-bond acceptors (Lipinski definition) is 5. The van der Waals surface area contributed by atoms with Gasteiger partial charge in [0.15, 0.2) is 11.1 Å². The van der Waals surface area contributed by atoms with Gasteiger partial charge in [-0.25, -0.2) is 4.98 Å². The lowest BCUT2D eigenvalue weighted by Gasteiger charge is -2.35. The fraction of sp³-hybridized carbons (Fsp3) is 0.389. The molecule has 0 bridgehead atoms. The molecule has 2 heterocycles. The van der Waals surface area contributed by atoms with E-state index in [0.29, 0.717) is 25.5 Å². The van der Waals surface area contributed by atoms with Crippen molar-refractivity contribution in [3.8, 4) is 0 Å². The lowest BCUT2D eigenvalue weighted by Crippen LogP contribution is -2.51. The summed E-state index contributed by atoms with van der Waals surface area (Å²) in [5.41, 5.74) is 7.16. The summed E-state index contributed by atoms with van der Waals surface area (Å²) in [6, 6.07) is 9.85. The number of guanidine groups is 1. The number of thiazole rings is 1. The molecule has 3 rings (SSSR count). The second-order valence-electron chi connectivity index (χ2n) is 6.04. The molecule has 1 aromatic heterocycles. The monoisotopic (exact) mass is 372 g/mol. The summed E-state index contributed by atoms with van der Waals surface area (Å²) in [5.74, 6) is 0.499. The van der Waals surface area contributed by atoms with Crippen LogP contribution >= 0.6 is 11.3 Å². The third kappa shape index (κ3) is 5.19. The molecule has 0 unspecified atom stereocenters. The molecule has 138 valence electrons. The molecule has 1 saturated heterocycles. The Kier molecular flexibility index (Phi) is 6.43. The first-order valence-corrected chi connectivity index (χ1v) is 9.60. The Labute approximate surface area is 157 Å². The van der Waals surface area contributed by atoms with Gasteiger partial charge >= 0.3 is 0 Å². The zero-order valence-electron chi connectivity index (χ0n) is 14.7. The predicted molar refractivity (Wildman–Crippen MR) is 105 cm³/mol. The third-order valence-corrected chi connectivity index (χ3v) is 5.07. The highest BCUT2D eigenvalue weighted by Gasteiger charge is 2.19. The number of rotatable bonds is 6. The minimum atomic E-state index is -0.0148. The predicted octanol–water partition coefficient (Wildman–Crippen LogP) is 1.29. The molecule has 1 aliphatic rings. The molecule has 2 aromatic rings. The van der Waals surface area contributed by atoms with Crippen molar-refractivity contribution < 1.29 is 4.79 Å². The van der Waals surface area contributed by atoms with E-state index in [-0.39, 0.29) is 5.91 Å². The van der Waals surface area contributed by atoms with E-state index in [1.807, 2.05) is 41.9 Å². The Morgan fingerprint density at radius 1 is 1.23 bits per heavy atom. The maximum Gasteiger partial charge on any atom is 0.222 e. The van der Waals surface area contributed by atoms with Crippen LogP contribution in [0.3, 0.4) is 0 Å². The van der Waals surface area contributed by atoms with E-state index in [0.717, 1.165) is 36.9 Å². The number of hydrogen-bond donors (Lipinski definition) is 2. The minimum absolute atomic E-state index is 0.0148. The average Bonchev–Trinajstić information content (AvgIpc) is 3.22. The summed E-state index contributed by atoms with van der Waals surface area (Å²) in [6.07, 6.45) is 2.16. The smallest absolute Gasteiger partial charge is 0.222 e. The van der Waals surface area contributed by atoms with Crippen LogP contribution in [0, 0.1) is 0 Å². The van der Waals surface area contributed by atoms with Gasteiger partial charge in [0.05, 0.1) is 6.54 Å². The quantitative estimate of drug-likeness (QED) is 0.589. The van der Waals surface area contributed by atoms with Crippen molar-refractivity contribution in [3.05, 3.63) is 47.5 Å². The second-order valence-corrected chi connectivity index (χ2v) is 6.91. The molecule has 1 aliphatic heterocycles. The van der Waals surface area contributed by atoms with Gasteiger partial charge in [-0.15, -0.1) is 11.3 Å². The Hall–Kier alpha value is -2.61. The first kappa shape index (κ1) is 18.2.